The minimum Gasteiger partial charge on any atom is -0.493 e. The van der Waals surface area contributed by atoms with Crippen molar-refractivity contribution in [3.8, 4) is 17.2 Å². The molecule has 27 heavy (non-hydrogen) atoms. The minimum atomic E-state index is -0.237. The number of carbonyl (C=O) groups excluding carboxylic acids is 1. The molecule has 5 nitrogen and oxygen atoms in total. The lowest BCUT2D eigenvalue weighted by Crippen LogP contribution is -2.06. The number of aryl methyl sites for hydroxylation is 1. The zero-order valence-electron chi connectivity index (χ0n) is 15.6. The van der Waals surface area contributed by atoms with E-state index in [4.69, 9.17) is 18.9 Å². The van der Waals surface area contributed by atoms with Crippen LogP contribution in [-0.4, -0.2) is 27.3 Å². The van der Waals surface area contributed by atoms with E-state index in [-0.39, 0.29) is 19.0 Å². The molecule has 0 saturated heterocycles. The third-order valence-corrected chi connectivity index (χ3v) is 5.30. The van der Waals surface area contributed by atoms with Crippen molar-refractivity contribution in [2.24, 2.45) is 0 Å². The molecule has 0 fully saturated rings. The van der Waals surface area contributed by atoms with Crippen LogP contribution in [0.3, 0.4) is 0 Å². The first-order chi connectivity index (χ1) is 13.2. The normalized spacial score (nSPS) is 10.6. The minimum absolute atomic E-state index is 0.237. The van der Waals surface area contributed by atoms with Crippen molar-refractivity contribution in [1.29, 1.82) is 0 Å². The van der Waals surface area contributed by atoms with Crippen molar-refractivity contribution in [2.45, 2.75) is 19.4 Å². The van der Waals surface area contributed by atoms with Gasteiger partial charge in [-0.3, -0.25) is 4.79 Å². The van der Waals surface area contributed by atoms with Gasteiger partial charge in [0.25, 0.3) is 0 Å². The zero-order valence-corrected chi connectivity index (χ0v) is 16.4. The highest BCUT2D eigenvalue weighted by Crippen LogP contribution is 2.38. The predicted octanol–water partition coefficient (Wildman–Crippen LogP) is 4.60. The Morgan fingerprint density at radius 1 is 1.00 bits per heavy atom. The van der Waals surface area contributed by atoms with Gasteiger partial charge in [-0.1, -0.05) is 18.2 Å². The number of ether oxygens (including phenoxy) is 4. The highest BCUT2D eigenvalue weighted by atomic mass is 32.1. The maximum Gasteiger partial charge on any atom is 0.306 e. The molecule has 3 rings (SSSR count). The summed E-state index contributed by atoms with van der Waals surface area (Å²) in [4.78, 5) is 12.2. The van der Waals surface area contributed by atoms with E-state index in [1.165, 1.54) is 4.70 Å². The van der Waals surface area contributed by atoms with E-state index < -0.39 is 0 Å². The number of rotatable bonds is 8. The van der Waals surface area contributed by atoms with Crippen molar-refractivity contribution < 1.29 is 23.7 Å². The third kappa shape index (κ3) is 4.34. The lowest BCUT2D eigenvalue weighted by Gasteiger charge is -2.14. The monoisotopic (exact) mass is 386 g/mol. The summed E-state index contributed by atoms with van der Waals surface area (Å²) in [5.41, 5.74) is 1.96. The first kappa shape index (κ1) is 19.0. The highest BCUT2D eigenvalue weighted by Gasteiger charge is 2.14. The van der Waals surface area contributed by atoms with E-state index in [0.717, 1.165) is 16.5 Å². The van der Waals surface area contributed by atoms with Crippen LogP contribution in [0.1, 0.15) is 17.5 Å². The molecule has 142 valence electrons. The van der Waals surface area contributed by atoms with Gasteiger partial charge in [-0.2, -0.15) is 0 Å². The molecule has 0 N–H and O–H groups in total. The number of benzene rings is 2. The number of hydrogen-bond acceptors (Lipinski definition) is 6. The molecule has 1 heterocycles. The third-order valence-electron chi connectivity index (χ3n) is 4.29. The molecular formula is C21H22O5S. The second-order valence-electron chi connectivity index (χ2n) is 5.95. The summed E-state index contributed by atoms with van der Waals surface area (Å²) in [7, 11) is 4.70. The smallest absolute Gasteiger partial charge is 0.306 e. The molecule has 0 atom stereocenters. The average molecular weight is 386 g/mol. The molecule has 0 unspecified atom stereocenters. The van der Waals surface area contributed by atoms with Crippen molar-refractivity contribution in [3.05, 3.63) is 52.9 Å². The Balaban J connectivity index is 1.60. The summed E-state index contributed by atoms with van der Waals surface area (Å²) in [5.74, 6) is 1.45. The fourth-order valence-electron chi connectivity index (χ4n) is 2.90. The lowest BCUT2D eigenvalue weighted by molar-refractivity contribution is -0.144. The molecule has 0 saturated carbocycles. The first-order valence-electron chi connectivity index (χ1n) is 8.56. The van der Waals surface area contributed by atoms with Crippen LogP contribution in [0.4, 0.5) is 0 Å². The largest absolute Gasteiger partial charge is 0.493 e. The van der Waals surface area contributed by atoms with Gasteiger partial charge in [0.2, 0.25) is 5.75 Å². The number of fused-ring (bicyclic) bond motifs is 1. The molecule has 2 aromatic carbocycles. The summed E-state index contributed by atoms with van der Waals surface area (Å²) in [6.07, 6.45) is 0.806. The molecule has 0 amide bonds. The second-order valence-corrected chi connectivity index (χ2v) is 6.86. The van der Waals surface area contributed by atoms with Gasteiger partial charge in [0, 0.05) is 16.7 Å². The Hall–Kier alpha value is -2.73. The molecular weight excluding hydrogens is 364 g/mol. The van der Waals surface area contributed by atoms with Gasteiger partial charge < -0.3 is 18.9 Å². The number of hydrogen-bond donors (Lipinski definition) is 0. The molecule has 0 aliphatic carbocycles. The van der Waals surface area contributed by atoms with Gasteiger partial charge >= 0.3 is 5.97 Å². The van der Waals surface area contributed by atoms with Gasteiger partial charge in [-0.05, 0) is 40.9 Å². The summed E-state index contributed by atoms with van der Waals surface area (Å²) in [6, 6.07) is 11.8. The van der Waals surface area contributed by atoms with Crippen LogP contribution in [-0.2, 0) is 22.6 Å². The molecule has 0 aliphatic rings. The van der Waals surface area contributed by atoms with Gasteiger partial charge in [0.1, 0.15) is 6.61 Å². The van der Waals surface area contributed by atoms with Gasteiger partial charge in [-0.15, -0.1) is 11.3 Å². The molecule has 0 spiro atoms. The first-order valence-corrected chi connectivity index (χ1v) is 9.43. The van der Waals surface area contributed by atoms with E-state index in [2.05, 4.69) is 6.07 Å². The fourth-order valence-corrected chi connectivity index (χ4v) is 3.85. The van der Waals surface area contributed by atoms with Gasteiger partial charge in [0.05, 0.1) is 21.3 Å². The van der Waals surface area contributed by atoms with Gasteiger partial charge in [-0.25, -0.2) is 0 Å². The predicted molar refractivity (Wildman–Crippen MR) is 106 cm³/mol. The Bertz CT molecular complexity index is 906. The maximum absolute atomic E-state index is 12.2. The van der Waals surface area contributed by atoms with E-state index in [9.17, 15) is 4.79 Å². The Morgan fingerprint density at radius 3 is 2.37 bits per heavy atom. The number of thiophene rings is 1. The average Bonchev–Trinajstić information content (AvgIpc) is 3.12. The molecule has 0 radical (unpaired) electrons. The summed E-state index contributed by atoms with van der Waals surface area (Å²) >= 11 is 1.66. The van der Waals surface area contributed by atoms with E-state index in [1.807, 2.05) is 35.7 Å². The lowest BCUT2D eigenvalue weighted by atomic mass is 10.1. The van der Waals surface area contributed by atoms with E-state index in [0.29, 0.717) is 23.7 Å². The molecule has 1 aromatic heterocycles. The van der Waals surface area contributed by atoms with Crippen LogP contribution in [0.25, 0.3) is 10.1 Å². The topological polar surface area (TPSA) is 54.0 Å². The van der Waals surface area contributed by atoms with Crippen LogP contribution in [0.2, 0.25) is 0 Å². The summed E-state index contributed by atoms with van der Waals surface area (Å²) in [6.45, 7) is 0.290. The van der Waals surface area contributed by atoms with Crippen LogP contribution < -0.4 is 14.2 Å². The Morgan fingerprint density at radius 2 is 1.70 bits per heavy atom. The SMILES string of the molecule is COc1cc(CCC(=O)OCc2csc3ccccc23)cc(OC)c1OC. The number of methoxy groups -OCH3 is 3. The summed E-state index contributed by atoms with van der Waals surface area (Å²) in [5, 5.41) is 3.18. The van der Waals surface area contributed by atoms with Crippen LogP contribution in [0.15, 0.2) is 41.8 Å². The van der Waals surface area contributed by atoms with Gasteiger partial charge in [0.15, 0.2) is 11.5 Å². The van der Waals surface area contributed by atoms with Crippen molar-refractivity contribution in [3.63, 3.8) is 0 Å². The van der Waals surface area contributed by atoms with Crippen molar-refractivity contribution >= 4 is 27.4 Å². The summed E-state index contributed by atoms with van der Waals surface area (Å²) < 4.78 is 22.7. The van der Waals surface area contributed by atoms with Crippen molar-refractivity contribution in [1.82, 2.24) is 0 Å². The van der Waals surface area contributed by atoms with E-state index >= 15 is 0 Å². The standard InChI is InChI=1S/C21H22O5S/c1-23-17-10-14(11-18(24-2)21(17)25-3)8-9-20(22)26-12-15-13-27-19-7-5-4-6-16(15)19/h4-7,10-11,13H,8-9,12H2,1-3H3. The van der Waals surface area contributed by atoms with Crippen LogP contribution in [0.5, 0.6) is 17.2 Å². The molecule has 6 heteroatoms. The molecule has 0 bridgehead atoms. The highest BCUT2D eigenvalue weighted by molar-refractivity contribution is 7.17. The van der Waals surface area contributed by atoms with Crippen LogP contribution in [0, 0.1) is 0 Å². The Kier molecular flexibility index (Phi) is 6.19. The quantitative estimate of drug-likeness (QED) is 0.530. The second kappa shape index (κ2) is 8.77. The number of carbonyl (C=O) groups is 1. The zero-order chi connectivity index (χ0) is 19.2. The van der Waals surface area contributed by atoms with Crippen molar-refractivity contribution in [2.75, 3.05) is 21.3 Å². The van der Waals surface area contributed by atoms with E-state index in [1.54, 1.807) is 32.7 Å². The molecule has 3 aromatic rings. The van der Waals surface area contributed by atoms with Crippen LogP contribution >= 0.6 is 11.3 Å². The maximum atomic E-state index is 12.2. The number of esters is 1. The fraction of sp³-hybridized carbons (Fsp3) is 0.286. The Labute approximate surface area is 162 Å². The molecule has 0 aliphatic heterocycles.